The topological polar surface area (TPSA) is 0 Å². The first-order chi connectivity index (χ1) is 27.7. The third-order valence-corrected chi connectivity index (χ3v) is 11.6. The number of aryl methyl sites for hydroxylation is 1. The Balaban J connectivity index is 0. The third-order valence-electron chi connectivity index (χ3n) is 11.6. The van der Waals surface area contributed by atoms with E-state index in [9.17, 15) is 0 Å². The van der Waals surface area contributed by atoms with Gasteiger partial charge < -0.3 is 0 Å². The van der Waals surface area contributed by atoms with Crippen molar-refractivity contribution in [2.24, 2.45) is 29.6 Å². The number of hydrogen-bond acceptors (Lipinski definition) is 0. The minimum absolute atomic E-state index is 0. The van der Waals surface area contributed by atoms with Crippen molar-refractivity contribution >= 4 is 0 Å². The average Bonchev–Trinajstić information content (AvgIpc) is 3.24. The van der Waals surface area contributed by atoms with E-state index >= 15 is 0 Å². The van der Waals surface area contributed by atoms with Gasteiger partial charge in [-0.2, -0.15) is 0 Å². The molecule has 60 heavy (non-hydrogen) atoms. The van der Waals surface area contributed by atoms with E-state index in [1.165, 1.54) is 59.9 Å². The van der Waals surface area contributed by atoms with Crippen LogP contribution in [0.2, 0.25) is 0 Å². The smallest absolute Gasteiger partial charge is 0.0139 e. The lowest BCUT2D eigenvalue weighted by Gasteiger charge is -2.20. The zero-order valence-corrected chi connectivity index (χ0v) is 39.7. The van der Waals surface area contributed by atoms with Gasteiger partial charge in [-0.1, -0.05) is 270 Å². The molecule has 0 aliphatic heterocycles. The lowest BCUT2D eigenvalue weighted by molar-refractivity contribution is 0.463. The van der Waals surface area contributed by atoms with E-state index in [4.69, 9.17) is 0 Å². The molecular weight excluding hydrogens is 721 g/mol. The molecule has 5 aromatic carbocycles. The maximum atomic E-state index is 2.31. The van der Waals surface area contributed by atoms with Gasteiger partial charge in [-0.3, -0.25) is 0 Å². The van der Waals surface area contributed by atoms with Gasteiger partial charge in [0.05, 0.1) is 0 Å². The summed E-state index contributed by atoms with van der Waals surface area (Å²) in [6.07, 6.45) is 6.34. The van der Waals surface area contributed by atoms with Crippen molar-refractivity contribution in [2.75, 3.05) is 0 Å². The number of rotatable bonds is 14. The lowest BCUT2D eigenvalue weighted by Crippen LogP contribution is -2.05. The van der Waals surface area contributed by atoms with Gasteiger partial charge in [-0.25, -0.2) is 0 Å². The second-order valence-corrected chi connectivity index (χ2v) is 18.0. The van der Waals surface area contributed by atoms with Crippen LogP contribution in [0.25, 0.3) is 0 Å². The van der Waals surface area contributed by atoms with Crippen LogP contribution in [0.3, 0.4) is 0 Å². The van der Waals surface area contributed by atoms with Gasteiger partial charge in [-0.05, 0) is 107 Å². The Morgan fingerprint density at radius 1 is 0.333 bits per heavy atom. The molecule has 0 radical (unpaired) electrons. The Kier molecular flexibility index (Phi) is 33.7. The van der Waals surface area contributed by atoms with Gasteiger partial charge in [0.25, 0.3) is 0 Å². The molecule has 0 bridgehead atoms. The summed E-state index contributed by atoms with van der Waals surface area (Å²) in [5.74, 6) is 6.61. The van der Waals surface area contributed by atoms with Gasteiger partial charge in [0.2, 0.25) is 0 Å². The highest BCUT2D eigenvalue weighted by Gasteiger charge is 2.14. The standard InChI is InChI=1S/C13H20.C12H18.3C11H16.2CH4/c1-4-8-13(11(2)3)12-9-6-5-7-10-12;1-4-12(10(2)3)11-8-6-5-7-9-11;2*1-9(2)10(3)11-7-5-4-6-8-11;1-10(2)8-9-11-6-4-3-5-7-11;;/h5-7,9-11,13H,4,8H2,1-3H3;5-10,12H,4H2,1-3H3;2*4-10H,1-3H3;3-7,10H,8-9H2,1-2H3;2*1H4/t13-;12-;2*10-;;;/m1110.../s1. The Bertz CT molecular complexity index is 1550. The molecule has 0 saturated heterocycles. The molecular formula is C60H94. The molecule has 0 heterocycles. The molecule has 5 aromatic rings. The molecule has 4 atom stereocenters. The van der Waals surface area contributed by atoms with Crippen LogP contribution in [-0.2, 0) is 6.42 Å². The van der Waals surface area contributed by atoms with Crippen molar-refractivity contribution in [3.63, 3.8) is 0 Å². The zero-order chi connectivity index (χ0) is 43.3. The first kappa shape index (κ1) is 58.2. The Morgan fingerprint density at radius 3 is 0.900 bits per heavy atom. The van der Waals surface area contributed by atoms with Crippen LogP contribution in [0.15, 0.2) is 152 Å². The molecule has 0 fully saturated rings. The maximum absolute atomic E-state index is 2.31. The fourth-order valence-electron chi connectivity index (χ4n) is 7.07. The molecule has 0 heteroatoms. The summed E-state index contributed by atoms with van der Waals surface area (Å²) in [4.78, 5) is 0. The normalized spacial score (nSPS) is 12.4. The van der Waals surface area contributed by atoms with Crippen molar-refractivity contribution in [1.82, 2.24) is 0 Å². The van der Waals surface area contributed by atoms with Crippen LogP contribution in [-0.4, -0.2) is 0 Å². The summed E-state index contributed by atoms with van der Waals surface area (Å²) in [7, 11) is 0. The largest absolute Gasteiger partial charge is 0.0776 e. The minimum Gasteiger partial charge on any atom is -0.0776 e. The summed E-state index contributed by atoms with van der Waals surface area (Å²) in [6, 6.07) is 53.7. The highest BCUT2D eigenvalue weighted by molar-refractivity contribution is 5.22. The molecule has 0 nitrogen and oxygen atoms in total. The number of benzene rings is 5. The minimum atomic E-state index is 0. The summed E-state index contributed by atoms with van der Waals surface area (Å²) in [5.41, 5.74) is 7.33. The Labute approximate surface area is 375 Å². The molecule has 0 amide bonds. The van der Waals surface area contributed by atoms with E-state index in [2.05, 4.69) is 249 Å². The first-order valence-corrected chi connectivity index (χ1v) is 23.0. The van der Waals surface area contributed by atoms with Crippen molar-refractivity contribution in [2.45, 2.75) is 168 Å². The predicted octanol–water partition coefficient (Wildman–Crippen LogP) is 19.5. The van der Waals surface area contributed by atoms with Crippen LogP contribution < -0.4 is 0 Å². The highest BCUT2D eigenvalue weighted by Crippen LogP contribution is 2.29. The molecule has 334 valence electrons. The van der Waals surface area contributed by atoms with Crippen LogP contribution in [0, 0.1) is 29.6 Å². The van der Waals surface area contributed by atoms with Crippen molar-refractivity contribution < 1.29 is 0 Å². The van der Waals surface area contributed by atoms with E-state index in [1.54, 1.807) is 0 Å². The summed E-state index contributed by atoms with van der Waals surface area (Å²) >= 11 is 0. The molecule has 5 rings (SSSR count). The van der Waals surface area contributed by atoms with Crippen LogP contribution in [0.4, 0.5) is 0 Å². The molecule has 0 N–H and O–H groups in total. The van der Waals surface area contributed by atoms with Crippen LogP contribution >= 0.6 is 0 Å². The second kappa shape index (κ2) is 34.8. The molecule has 0 aliphatic rings. The molecule has 0 spiro atoms. The fourth-order valence-corrected chi connectivity index (χ4v) is 7.07. The van der Waals surface area contributed by atoms with Crippen molar-refractivity contribution in [1.29, 1.82) is 0 Å². The summed E-state index contributed by atoms with van der Waals surface area (Å²) < 4.78 is 0. The van der Waals surface area contributed by atoms with E-state index in [-0.39, 0.29) is 14.9 Å². The van der Waals surface area contributed by atoms with Gasteiger partial charge in [0.1, 0.15) is 0 Å². The monoisotopic (exact) mass is 815 g/mol. The van der Waals surface area contributed by atoms with Crippen molar-refractivity contribution in [3.8, 4) is 0 Å². The predicted molar refractivity (Wildman–Crippen MR) is 276 cm³/mol. The maximum Gasteiger partial charge on any atom is -0.0139 e. The molecule has 0 aromatic heterocycles. The number of hydrogen-bond donors (Lipinski definition) is 0. The first-order valence-electron chi connectivity index (χ1n) is 23.0. The van der Waals surface area contributed by atoms with Gasteiger partial charge in [-0.15, -0.1) is 0 Å². The van der Waals surface area contributed by atoms with Gasteiger partial charge in [0.15, 0.2) is 0 Å². The van der Waals surface area contributed by atoms with E-state index in [0.29, 0.717) is 11.8 Å². The summed E-state index contributed by atoms with van der Waals surface area (Å²) in [5, 5.41) is 0. The Morgan fingerprint density at radius 2 is 0.633 bits per heavy atom. The SMILES string of the molecule is C.C.CC(C)CCc1ccccc1.CC(C)[C@@H](C)c1ccccc1.CC(C)[C@H](C)c1ccccc1.CCC[C@@H](c1ccccc1)C(C)C.CC[C@@H](c1ccccc1)C(C)C. The second-order valence-electron chi connectivity index (χ2n) is 18.0. The van der Waals surface area contributed by atoms with E-state index in [1.807, 2.05) is 0 Å². The van der Waals surface area contributed by atoms with Gasteiger partial charge >= 0.3 is 0 Å². The molecule has 0 aliphatic carbocycles. The van der Waals surface area contributed by atoms with Crippen LogP contribution in [0.5, 0.6) is 0 Å². The van der Waals surface area contributed by atoms with E-state index < -0.39 is 0 Å². The van der Waals surface area contributed by atoms with E-state index in [0.717, 1.165) is 41.4 Å². The van der Waals surface area contributed by atoms with Crippen LogP contribution in [0.1, 0.15) is 189 Å². The molecule has 0 saturated carbocycles. The summed E-state index contributed by atoms with van der Waals surface area (Å²) in [6.45, 7) is 31.9. The van der Waals surface area contributed by atoms with Crippen molar-refractivity contribution in [3.05, 3.63) is 179 Å². The highest BCUT2D eigenvalue weighted by atomic mass is 14.2. The lowest BCUT2D eigenvalue weighted by atomic mass is 9.85. The Hall–Kier alpha value is -3.90. The molecule has 0 unspecified atom stereocenters. The quantitative estimate of drug-likeness (QED) is 0.105. The van der Waals surface area contributed by atoms with Gasteiger partial charge in [0, 0.05) is 0 Å². The third kappa shape index (κ3) is 25.0. The fraction of sp³-hybridized carbons (Fsp3) is 0.500. The average molecular weight is 815 g/mol. The zero-order valence-electron chi connectivity index (χ0n) is 39.7.